The summed E-state index contributed by atoms with van der Waals surface area (Å²) in [6, 6.07) is 31.5. The zero-order valence-corrected chi connectivity index (χ0v) is 28.8. The number of carbonyl (C=O) groups excluding carboxylic acids is 2. The van der Waals surface area contributed by atoms with Gasteiger partial charge >= 0.3 is 12.2 Å². The Bertz CT molecular complexity index is 1980. The first-order valence-electron chi connectivity index (χ1n) is 17.2. The van der Waals surface area contributed by atoms with E-state index in [4.69, 9.17) is 14.2 Å². The highest BCUT2D eigenvalue weighted by Crippen LogP contribution is 2.30. The molecule has 3 unspecified atom stereocenters. The predicted octanol–water partition coefficient (Wildman–Crippen LogP) is 7.80. The molecular weight excluding hydrogens is 624 g/mol. The summed E-state index contributed by atoms with van der Waals surface area (Å²) in [5, 5.41) is 5.91. The molecule has 0 aromatic heterocycles. The molecule has 2 aliphatic carbocycles. The van der Waals surface area contributed by atoms with Gasteiger partial charge in [0.05, 0.1) is 6.10 Å². The highest BCUT2D eigenvalue weighted by Gasteiger charge is 2.27. The Morgan fingerprint density at radius 1 is 0.700 bits per heavy atom. The quantitative estimate of drug-likeness (QED) is 0.169. The molecule has 50 heavy (non-hydrogen) atoms. The Morgan fingerprint density at radius 3 is 1.72 bits per heavy atom. The lowest BCUT2D eigenvalue weighted by atomic mass is 9.92. The van der Waals surface area contributed by atoms with Gasteiger partial charge in [-0.05, 0) is 69.0 Å². The number of nitrogens with one attached hydrogen (secondary N) is 2. The number of amides is 2. The van der Waals surface area contributed by atoms with Crippen LogP contribution in [0.25, 0.3) is 0 Å². The first-order chi connectivity index (χ1) is 24.2. The minimum Gasteiger partial charge on any atom is -0.441 e. The Kier molecular flexibility index (Phi) is 10.9. The van der Waals surface area contributed by atoms with Crippen LogP contribution in [0.3, 0.4) is 0 Å². The van der Waals surface area contributed by atoms with Crippen LogP contribution in [0.15, 0.2) is 97.1 Å². The molecule has 3 atom stereocenters. The first kappa shape index (κ1) is 34.4. The Labute approximate surface area is 294 Å². The van der Waals surface area contributed by atoms with Crippen molar-refractivity contribution in [2.75, 3.05) is 13.2 Å². The summed E-state index contributed by atoms with van der Waals surface area (Å²) in [6.07, 6.45) is 0.248. The maximum atomic E-state index is 13.2. The molecule has 2 aliphatic rings. The van der Waals surface area contributed by atoms with Gasteiger partial charge in [-0.25, -0.2) is 9.59 Å². The molecule has 4 aromatic carbocycles. The van der Waals surface area contributed by atoms with E-state index in [0.29, 0.717) is 38.8 Å². The van der Waals surface area contributed by atoms with Gasteiger partial charge in [-0.2, -0.15) is 0 Å². The number of ether oxygens (including phenoxy) is 3. The van der Waals surface area contributed by atoms with Crippen molar-refractivity contribution in [2.45, 2.75) is 70.3 Å². The van der Waals surface area contributed by atoms with E-state index in [1.54, 1.807) is 0 Å². The predicted molar refractivity (Wildman–Crippen MR) is 193 cm³/mol. The highest BCUT2D eigenvalue weighted by atomic mass is 16.6. The van der Waals surface area contributed by atoms with Crippen LogP contribution in [0, 0.1) is 23.7 Å². The summed E-state index contributed by atoms with van der Waals surface area (Å²) in [5.74, 6) is 13.0. The van der Waals surface area contributed by atoms with Crippen LogP contribution in [-0.4, -0.2) is 37.0 Å². The molecule has 7 nitrogen and oxygen atoms in total. The van der Waals surface area contributed by atoms with Crippen molar-refractivity contribution >= 4 is 12.2 Å². The molecule has 2 N–H and O–H groups in total. The minimum absolute atomic E-state index is 0.116. The fourth-order valence-corrected chi connectivity index (χ4v) is 6.17. The Hall–Kier alpha value is -5.50. The fraction of sp³-hybridized carbons (Fsp3) is 0.302. The lowest BCUT2D eigenvalue weighted by Crippen LogP contribution is -2.45. The minimum atomic E-state index is -0.575. The third-order valence-electron chi connectivity index (χ3n) is 9.01. The molecule has 0 fully saturated rings. The van der Waals surface area contributed by atoms with E-state index in [-0.39, 0.29) is 6.10 Å². The van der Waals surface area contributed by atoms with Gasteiger partial charge in [0.2, 0.25) is 0 Å². The van der Waals surface area contributed by atoms with Crippen molar-refractivity contribution in [3.63, 3.8) is 0 Å². The van der Waals surface area contributed by atoms with E-state index >= 15 is 0 Å². The fourth-order valence-electron chi connectivity index (χ4n) is 6.17. The topological polar surface area (TPSA) is 85.9 Å². The Balaban J connectivity index is 0.951. The zero-order valence-electron chi connectivity index (χ0n) is 28.8. The van der Waals surface area contributed by atoms with Crippen LogP contribution in [0.2, 0.25) is 0 Å². The van der Waals surface area contributed by atoms with E-state index < -0.39 is 29.9 Å². The summed E-state index contributed by atoms with van der Waals surface area (Å²) in [5.41, 5.74) is 6.91. The standard InChI is InChI=1S/C43H42N2O5/c1-30(24-26-44-41(46)49-39-28-35-16-6-4-12-31(35)20-22-33-14-8-10-18-37(33)39)48-27-25-43(2,3)45-42(47)50-40-29-36-17-7-5-13-32(36)21-23-34-15-9-11-19-38(34)40/h4-19,30,39-40H,24-29H2,1-3H3,(H,44,46)(H,45,47). The second-order valence-electron chi connectivity index (χ2n) is 13.3. The number of carbonyl (C=O) groups is 2. The smallest absolute Gasteiger partial charge is 0.408 e. The summed E-state index contributed by atoms with van der Waals surface area (Å²) < 4.78 is 18.0. The van der Waals surface area contributed by atoms with E-state index in [9.17, 15) is 9.59 Å². The summed E-state index contributed by atoms with van der Waals surface area (Å²) >= 11 is 0. The molecule has 7 heteroatoms. The average Bonchev–Trinajstić information content (AvgIpc) is 3.08. The molecule has 6 rings (SSSR count). The third kappa shape index (κ3) is 8.94. The molecule has 0 saturated carbocycles. The molecule has 0 heterocycles. The molecule has 0 radical (unpaired) electrons. The third-order valence-corrected chi connectivity index (χ3v) is 9.01. The van der Waals surface area contributed by atoms with E-state index in [1.807, 2.05) is 118 Å². The van der Waals surface area contributed by atoms with E-state index in [2.05, 4.69) is 34.3 Å². The van der Waals surface area contributed by atoms with Gasteiger partial charge in [0.1, 0.15) is 12.2 Å². The lowest BCUT2D eigenvalue weighted by molar-refractivity contribution is 0.0436. The monoisotopic (exact) mass is 666 g/mol. The number of fused-ring (bicyclic) bond motifs is 4. The van der Waals surface area contributed by atoms with Crippen LogP contribution in [0.4, 0.5) is 9.59 Å². The summed E-state index contributed by atoms with van der Waals surface area (Å²) in [6.45, 7) is 6.69. The van der Waals surface area contributed by atoms with Crippen molar-refractivity contribution in [1.29, 1.82) is 0 Å². The van der Waals surface area contributed by atoms with Crippen LogP contribution in [-0.2, 0) is 27.1 Å². The van der Waals surface area contributed by atoms with Crippen LogP contribution in [0.1, 0.15) is 90.3 Å². The molecule has 254 valence electrons. The number of rotatable bonds is 10. The number of hydrogen-bond donors (Lipinski definition) is 2. The van der Waals surface area contributed by atoms with Crippen LogP contribution in [0.5, 0.6) is 0 Å². The lowest BCUT2D eigenvalue weighted by Gasteiger charge is -2.28. The molecule has 0 saturated heterocycles. The van der Waals surface area contributed by atoms with E-state index in [1.165, 1.54) is 0 Å². The number of benzene rings is 4. The van der Waals surface area contributed by atoms with Gasteiger partial charge in [0.15, 0.2) is 0 Å². The van der Waals surface area contributed by atoms with Gasteiger partial charge < -0.3 is 24.8 Å². The molecular formula is C43H42N2O5. The van der Waals surface area contributed by atoms with Crippen molar-refractivity contribution in [3.05, 3.63) is 142 Å². The van der Waals surface area contributed by atoms with Gasteiger partial charge in [-0.15, -0.1) is 0 Å². The van der Waals surface area contributed by atoms with Crippen LogP contribution < -0.4 is 10.6 Å². The van der Waals surface area contributed by atoms with Crippen LogP contribution >= 0.6 is 0 Å². The normalized spacial score (nSPS) is 16.2. The molecule has 0 aliphatic heterocycles. The maximum absolute atomic E-state index is 13.2. The maximum Gasteiger partial charge on any atom is 0.408 e. The highest BCUT2D eigenvalue weighted by molar-refractivity contribution is 5.69. The summed E-state index contributed by atoms with van der Waals surface area (Å²) in [4.78, 5) is 26.1. The van der Waals surface area contributed by atoms with Crippen molar-refractivity contribution < 1.29 is 23.8 Å². The molecule has 0 spiro atoms. The zero-order chi connectivity index (χ0) is 34.9. The Morgan fingerprint density at radius 2 is 1.16 bits per heavy atom. The van der Waals surface area contributed by atoms with Gasteiger partial charge in [0, 0.05) is 64.9 Å². The van der Waals surface area contributed by atoms with Gasteiger partial charge in [-0.3, -0.25) is 0 Å². The largest absolute Gasteiger partial charge is 0.441 e. The van der Waals surface area contributed by atoms with Gasteiger partial charge in [0.25, 0.3) is 0 Å². The van der Waals surface area contributed by atoms with Crippen molar-refractivity contribution in [1.82, 2.24) is 10.6 Å². The number of hydrogen-bond acceptors (Lipinski definition) is 5. The van der Waals surface area contributed by atoms with Crippen molar-refractivity contribution in [3.8, 4) is 23.7 Å². The first-order valence-corrected chi connectivity index (χ1v) is 17.2. The second-order valence-corrected chi connectivity index (χ2v) is 13.3. The average molecular weight is 667 g/mol. The van der Waals surface area contributed by atoms with Gasteiger partial charge in [-0.1, -0.05) is 96.5 Å². The molecule has 0 bridgehead atoms. The second kappa shape index (κ2) is 15.8. The molecule has 2 amide bonds. The summed E-state index contributed by atoms with van der Waals surface area (Å²) in [7, 11) is 0. The van der Waals surface area contributed by atoms with E-state index in [0.717, 1.165) is 44.5 Å². The molecule has 4 aromatic rings. The van der Waals surface area contributed by atoms with Crippen molar-refractivity contribution in [2.24, 2.45) is 0 Å². The SMILES string of the molecule is CC(CCNC(=O)OC1Cc2ccccc2C#Cc2ccccc21)OCCC(C)(C)NC(=O)OC1Cc2ccccc2C#Cc2ccccc21. The number of alkyl carbamates (subject to hydrolysis) is 2.